The van der Waals surface area contributed by atoms with Crippen LogP contribution in [-0.4, -0.2) is 25.0 Å². The molecule has 1 saturated heterocycles. The highest BCUT2D eigenvalue weighted by Gasteiger charge is 2.15. The Balaban J connectivity index is 2.00. The number of nitrogens with zero attached hydrogens (tertiary/aromatic N) is 1. The zero-order chi connectivity index (χ0) is 13.7. The van der Waals surface area contributed by atoms with Gasteiger partial charge in [0.05, 0.1) is 6.04 Å². The summed E-state index contributed by atoms with van der Waals surface area (Å²) in [7, 11) is 0. The molecule has 4 heteroatoms. The van der Waals surface area contributed by atoms with E-state index in [-0.39, 0.29) is 5.91 Å². The van der Waals surface area contributed by atoms with Crippen molar-refractivity contribution < 1.29 is 4.79 Å². The topological polar surface area (TPSA) is 58.4 Å². The van der Waals surface area contributed by atoms with E-state index >= 15 is 0 Å². The minimum atomic E-state index is -0.416. The number of carbonyl (C=O) groups is 1. The van der Waals surface area contributed by atoms with Gasteiger partial charge in [0.25, 0.3) is 0 Å². The molecular formula is C15H23N3O. The summed E-state index contributed by atoms with van der Waals surface area (Å²) < 4.78 is 0. The smallest absolute Gasteiger partial charge is 0.241 e. The number of amides is 1. The summed E-state index contributed by atoms with van der Waals surface area (Å²) in [6, 6.07) is 7.60. The van der Waals surface area contributed by atoms with E-state index in [1.807, 2.05) is 25.1 Å². The van der Waals surface area contributed by atoms with Gasteiger partial charge in [-0.1, -0.05) is 19.4 Å². The lowest BCUT2D eigenvalue weighted by Gasteiger charge is -2.19. The molecule has 1 aliphatic rings. The van der Waals surface area contributed by atoms with Crippen molar-refractivity contribution in [2.24, 2.45) is 5.73 Å². The molecule has 1 atom stereocenters. The normalized spacial score (nSPS) is 16.4. The zero-order valence-corrected chi connectivity index (χ0v) is 11.6. The van der Waals surface area contributed by atoms with Gasteiger partial charge in [-0.05, 0) is 37.5 Å². The summed E-state index contributed by atoms with van der Waals surface area (Å²) >= 11 is 0. The molecule has 104 valence electrons. The van der Waals surface area contributed by atoms with Crippen molar-refractivity contribution >= 4 is 17.3 Å². The Morgan fingerprint density at radius 1 is 1.42 bits per heavy atom. The fourth-order valence-corrected chi connectivity index (χ4v) is 2.43. The van der Waals surface area contributed by atoms with Crippen molar-refractivity contribution in [2.75, 3.05) is 23.3 Å². The first-order chi connectivity index (χ1) is 9.20. The third-order valence-corrected chi connectivity index (χ3v) is 3.52. The average molecular weight is 261 g/mol. The first-order valence-corrected chi connectivity index (χ1v) is 7.12. The largest absolute Gasteiger partial charge is 0.371 e. The van der Waals surface area contributed by atoms with Crippen LogP contribution in [0.5, 0.6) is 0 Å². The molecule has 0 aliphatic carbocycles. The summed E-state index contributed by atoms with van der Waals surface area (Å²) in [5.41, 5.74) is 7.83. The Kier molecular flexibility index (Phi) is 4.80. The molecular weight excluding hydrogens is 238 g/mol. The number of rotatable bonds is 5. The lowest BCUT2D eigenvalue weighted by molar-refractivity contribution is -0.117. The Morgan fingerprint density at radius 2 is 2.16 bits per heavy atom. The lowest BCUT2D eigenvalue weighted by atomic mass is 10.1. The van der Waals surface area contributed by atoms with Crippen LogP contribution in [0.3, 0.4) is 0 Å². The minimum Gasteiger partial charge on any atom is -0.371 e. The summed E-state index contributed by atoms with van der Waals surface area (Å²) in [6.45, 7) is 4.24. The second-order valence-electron chi connectivity index (χ2n) is 5.13. The van der Waals surface area contributed by atoms with Crippen LogP contribution < -0.4 is 16.0 Å². The number of hydrogen-bond donors (Lipinski definition) is 2. The number of nitrogens with two attached hydrogens (primary N) is 1. The Hall–Kier alpha value is -1.55. The van der Waals surface area contributed by atoms with Gasteiger partial charge in [0, 0.05) is 24.5 Å². The van der Waals surface area contributed by atoms with Crippen LogP contribution in [0.4, 0.5) is 11.4 Å². The molecule has 0 unspecified atom stereocenters. The predicted molar refractivity (Wildman–Crippen MR) is 79.4 cm³/mol. The van der Waals surface area contributed by atoms with Crippen molar-refractivity contribution in [2.45, 2.75) is 38.6 Å². The molecule has 0 spiro atoms. The van der Waals surface area contributed by atoms with Gasteiger partial charge < -0.3 is 16.0 Å². The molecule has 2 rings (SSSR count). The van der Waals surface area contributed by atoms with E-state index in [2.05, 4.69) is 16.3 Å². The Morgan fingerprint density at radius 3 is 2.84 bits per heavy atom. The van der Waals surface area contributed by atoms with Crippen LogP contribution in [0.25, 0.3) is 0 Å². The molecule has 1 amide bonds. The van der Waals surface area contributed by atoms with E-state index in [0.29, 0.717) is 0 Å². The number of hydrogen-bond acceptors (Lipinski definition) is 3. The van der Waals surface area contributed by atoms with Crippen molar-refractivity contribution in [1.29, 1.82) is 0 Å². The van der Waals surface area contributed by atoms with Gasteiger partial charge in [-0.25, -0.2) is 0 Å². The highest BCUT2D eigenvalue weighted by molar-refractivity contribution is 5.95. The third-order valence-electron chi connectivity index (χ3n) is 3.52. The molecule has 1 heterocycles. The van der Waals surface area contributed by atoms with E-state index in [4.69, 9.17) is 5.73 Å². The van der Waals surface area contributed by atoms with E-state index in [0.717, 1.165) is 31.6 Å². The van der Waals surface area contributed by atoms with E-state index in [9.17, 15) is 4.79 Å². The first kappa shape index (κ1) is 13.9. The van der Waals surface area contributed by atoms with E-state index in [1.165, 1.54) is 18.5 Å². The molecule has 0 radical (unpaired) electrons. The zero-order valence-electron chi connectivity index (χ0n) is 11.6. The highest BCUT2D eigenvalue weighted by atomic mass is 16.2. The van der Waals surface area contributed by atoms with Crippen molar-refractivity contribution in [3.05, 3.63) is 24.3 Å². The SMILES string of the molecule is CCC[C@@H](N)C(=O)Nc1cccc(N2CCCC2)c1. The van der Waals surface area contributed by atoms with Crippen LogP contribution in [0.15, 0.2) is 24.3 Å². The van der Waals surface area contributed by atoms with Crippen LogP contribution >= 0.6 is 0 Å². The molecule has 1 aromatic rings. The van der Waals surface area contributed by atoms with Crippen LogP contribution in [0.2, 0.25) is 0 Å². The maximum Gasteiger partial charge on any atom is 0.241 e. The fourth-order valence-electron chi connectivity index (χ4n) is 2.43. The highest BCUT2D eigenvalue weighted by Crippen LogP contribution is 2.23. The third kappa shape index (κ3) is 3.70. The Labute approximate surface area is 115 Å². The van der Waals surface area contributed by atoms with Crippen molar-refractivity contribution in [3.63, 3.8) is 0 Å². The standard InChI is InChI=1S/C15H23N3O/c1-2-6-14(16)15(19)17-12-7-5-8-13(11-12)18-9-3-4-10-18/h5,7-8,11,14H,2-4,6,9-10,16H2,1H3,(H,17,19)/t14-/m1/s1. The van der Waals surface area contributed by atoms with Crippen LogP contribution in [0.1, 0.15) is 32.6 Å². The number of carbonyl (C=O) groups excluding carboxylic acids is 1. The van der Waals surface area contributed by atoms with Gasteiger partial charge >= 0.3 is 0 Å². The molecule has 4 nitrogen and oxygen atoms in total. The summed E-state index contributed by atoms with van der Waals surface area (Å²) in [4.78, 5) is 14.2. The van der Waals surface area contributed by atoms with Gasteiger partial charge in [0.1, 0.15) is 0 Å². The van der Waals surface area contributed by atoms with Gasteiger partial charge in [0.15, 0.2) is 0 Å². The van der Waals surface area contributed by atoms with Crippen LogP contribution in [-0.2, 0) is 4.79 Å². The molecule has 0 saturated carbocycles. The van der Waals surface area contributed by atoms with Crippen LogP contribution in [0, 0.1) is 0 Å². The summed E-state index contributed by atoms with van der Waals surface area (Å²) in [6.07, 6.45) is 4.13. The second-order valence-corrected chi connectivity index (χ2v) is 5.13. The monoisotopic (exact) mass is 261 g/mol. The maximum atomic E-state index is 11.9. The van der Waals surface area contributed by atoms with Gasteiger partial charge in [-0.3, -0.25) is 4.79 Å². The van der Waals surface area contributed by atoms with Gasteiger partial charge in [-0.2, -0.15) is 0 Å². The lowest BCUT2D eigenvalue weighted by Crippen LogP contribution is -2.35. The molecule has 1 fully saturated rings. The molecule has 0 bridgehead atoms. The van der Waals surface area contributed by atoms with E-state index in [1.54, 1.807) is 0 Å². The molecule has 0 aromatic heterocycles. The number of anilines is 2. The number of benzene rings is 1. The first-order valence-electron chi connectivity index (χ1n) is 7.12. The molecule has 1 aliphatic heterocycles. The molecule has 19 heavy (non-hydrogen) atoms. The summed E-state index contributed by atoms with van der Waals surface area (Å²) in [5, 5.41) is 2.90. The summed E-state index contributed by atoms with van der Waals surface area (Å²) in [5.74, 6) is -0.0968. The van der Waals surface area contributed by atoms with E-state index < -0.39 is 6.04 Å². The second kappa shape index (κ2) is 6.57. The molecule has 1 aromatic carbocycles. The Bertz CT molecular complexity index is 427. The number of nitrogens with one attached hydrogen (secondary N) is 1. The van der Waals surface area contributed by atoms with Crippen molar-refractivity contribution in [1.82, 2.24) is 0 Å². The van der Waals surface area contributed by atoms with Crippen molar-refractivity contribution in [3.8, 4) is 0 Å². The van der Waals surface area contributed by atoms with Gasteiger partial charge in [-0.15, -0.1) is 0 Å². The quantitative estimate of drug-likeness (QED) is 0.855. The molecule has 3 N–H and O–H groups in total. The minimum absolute atomic E-state index is 0.0968. The maximum absolute atomic E-state index is 11.9. The predicted octanol–water partition coefficient (Wildman–Crippen LogP) is 2.35. The fraction of sp³-hybridized carbons (Fsp3) is 0.533. The average Bonchev–Trinajstić information content (AvgIpc) is 2.93. The van der Waals surface area contributed by atoms with Gasteiger partial charge in [0.2, 0.25) is 5.91 Å².